The minimum atomic E-state index is -1.07. The number of hydrogen-bond acceptors (Lipinski definition) is 5. The second-order valence-corrected chi connectivity index (χ2v) is 5.36. The number of hydrogen-bond donors (Lipinski definition) is 3. The molecule has 0 unspecified atom stereocenters. The van der Waals surface area contributed by atoms with Gasteiger partial charge in [-0.1, -0.05) is 12.1 Å². The summed E-state index contributed by atoms with van der Waals surface area (Å²) in [5.41, 5.74) is 1.74. The molecule has 0 saturated carbocycles. The summed E-state index contributed by atoms with van der Waals surface area (Å²) in [6.07, 6.45) is 1.22. The predicted octanol–water partition coefficient (Wildman–Crippen LogP) is 3.16. The summed E-state index contributed by atoms with van der Waals surface area (Å²) in [6.45, 7) is 1.87. The zero-order chi connectivity index (χ0) is 19.1. The fourth-order valence-electron chi connectivity index (χ4n) is 2.16. The Morgan fingerprint density at radius 2 is 2.00 bits per heavy atom. The number of carboxylic acids is 1. The van der Waals surface area contributed by atoms with Crippen molar-refractivity contribution in [2.75, 3.05) is 17.7 Å². The van der Waals surface area contributed by atoms with Crippen LogP contribution in [0.1, 0.15) is 15.9 Å². The Labute approximate surface area is 150 Å². The maximum atomic E-state index is 12.3. The molecule has 2 rings (SSSR count). The van der Waals surface area contributed by atoms with Crippen LogP contribution in [0.2, 0.25) is 0 Å². The summed E-state index contributed by atoms with van der Waals surface area (Å²) in [7, 11) is 1.48. The van der Waals surface area contributed by atoms with Crippen molar-refractivity contribution in [1.82, 2.24) is 0 Å². The van der Waals surface area contributed by atoms with Crippen LogP contribution in [0, 0.1) is 18.3 Å². The quantitative estimate of drug-likeness (QED) is 0.544. The number of aryl methyl sites for hydroxylation is 1. The molecule has 0 atom stereocenters. The molecule has 0 spiro atoms. The van der Waals surface area contributed by atoms with Gasteiger partial charge in [-0.15, -0.1) is 0 Å². The molecule has 0 radical (unpaired) electrons. The first kappa shape index (κ1) is 18.5. The van der Waals surface area contributed by atoms with Gasteiger partial charge in [-0.25, -0.2) is 4.79 Å². The topological polar surface area (TPSA) is 111 Å². The van der Waals surface area contributed by atoms with Gasteiger partial charge in [-0.3, -0.25) is 4.79 Å². The number of aromatic carboxylic acids is 1. The average molecular weight is 351 g/mol. The number of amides is 1. The first-order valence-corrected chi connectivity index (χ1v) is 7.60. The highest BCUT2D eigenvalue weighted by Gasteiger charge is 2.12. The summed E-state index contributed by atoms with van der Waals surface area (Å²) >= 11 is 0. The monoisotopic (exact) mass is 351 g/mol. The van der Waals surface area contributed by atoms with E-state index in [1.165, 1.54) is 25.4 Å². The molecule has 7 nitrogen and oxygen atoms in total. The third-order valence-corrected chi connectivity index (χ3v) is 3.46. The van der Waals surface area contributed by atoms with Gasteiger partial charge in [0.2, 0.25) is 0 Å². The lowest BCUT2D eigenvalue weighted by Gasteiger charge is -2.10. The Bertz CT molecular complexity index is 913. The van der Waals surface area contributed by atoms with Crippen molar-refractivity contribution < 1.29 is 19.4 Å². The fraction of sp³-hybridized carbons (Fsp3) is 0.105. The molecule has 0 saturated heterocycles. The fourth-order valence-corrected chi connectivity index (χ4v) is 2.16. The molecular weight excluding hydrogens is 334 g/mol. The number of carbonyl (C=O) groups excluding carboxylic acids is 1. The third-order valence-electron chi connectivity index (χ3n) is 3.46. The Hall–Kier alpha value is -3.79. The van der Waals surface area contributed by atoms with Crippen molar-refractivity contribution >= 4 is 23.3 Å². The van der Waals surface area contributed by atoms with Crippen LogP contribution in [-0.4, -0.2) is 24.1 Å². The van der Waals surface area contributed by atoms with Gasteiger partial charge >= 0.3 is 5.97 Å². The second kappa shape index (κ2) is 8.35. The maximum Gasteiger partial charge on any atom is 0.335 e. The summed E-state index contributed by atoms with van der Waals surface area (Å²) in [5.74, 6) is -1.20. The van der Waals surface area contributed by atoms with Crippen LogP contribution in [0.25, 0.3) is 0 Å². The van der Waals surface area contributed by atoms with Gasteiger partial charge in [0, 0.05) is 11.9 Å². The van der Waals surface area contributed by atoms with Gasteiger partial charge in [0.15, 0.2) is 0 Å². The minimum Gasteiger partial charge on any atom is -0.495 e. The van der Waals surface area contributed by atoms with Crippen molar-refractivity contribution in [1.29, 1.82) is 5.26 Å². The van der Waals surface area contributed by atoms with E-state index in [1.54, 1.807) is 24.3 Å². The molecule has 3 N–H and O–H groups in total. The van der Waals surface area contributed by atoms with E-state index in [4.69, 9.17) is 9.84 Å². The van der Waals surface area contributed by atoms with Crippen LogP contribution in [0.15, 0.2) is 54.2 Å². The molecule has 0 heterocycles. The number of nitrogens with zero attached hydrogens (tertiary/aromatic N) is 1. The molecule has 0 fully saturated rings. The zero-order valence-electron chi connectivity index (χ0n) is 14.2. The Morgan fingerprint density at radius 3 is 2.65 bits per heavy atom. The van der Waals surface area contributed by atoms with Gasteiger partial charge in [-0.05, 0) is 42.8 Å². The molecular formula is C19H17N3O4. The number of methoxy groups -OCH3 is 1. The van der Waals surface area contributed by atoms with Gasteiger partial charge in [0.05, 0.1) is 18.4 Å². The van der Waals surface area contributed by atoms with Crippen LogP contribution < -0.4 is 15.4 Å². The maximum absolute atomic E-state index is 12.3. The summed E-state index contributed by atoms with van der Waals surface area (Å²) < 4.78 is 5.19. The highest BCUT2D eigenvalue weighted by Crippen LogP contribution is 2.25. The lowest BCUT2D eigenvalue weighted by atomic mass is 10.2. The van der Waals surface area contributed by atoms with Gasteiger partial charge in [-0.2, -0.15) is 5.26 Å². The number of anilines is 2. The Balaban J connectivity index is 2.17. The summed E-state index contributed by atoms with van der Waals surface area (Å²) in [6, 6.07) is 13.1. The van der Waals surface area contributed by atoms with E-state index < -0.39 is 11.9 Å². The number of nitrogens with one attached hydrogen (secondary N) is 2. The molecule has 2 aromatic carbocycles. The van der Waals surface area contributed by atoms with Gasteiger partial charge in [0.1, 0.15) is 17.4 Å². The highest BCUT2D eigenvalue weighted by atomic mass is 16.5. The van der Waals surface area contributed by atoms with E-state index in [0.717, 1.165) is 5.56 Å². The number of carbonyl (C=O) groups is 2. The minimum absolute atomic E-state index is 0.0934. The van der Waals surface area contributed by atoms with Gasteiger partial charge < -0.3 is 20.5 Å². The van der Waals surface area contributed by atoms with E-state index in [0.29, 0.717) is 17.1 Å². The molecule has 26 heavy (non-hydrogen) atoms. The summed E-state index contributed by atoms with van der Waals surface area (Å²) in [5, 5.41) is 23.6. The number of carboxylic acid groups (broad SMARTS) is 1. The molecule has 0 aliphatic heterocycles. The van der Waals surface area contributed by atoms with E-state index in [2.05, 4.69) is 10.6 Å². The number of benzene rings is 2. The van der Waals surface area contributed by atoms with E-state index >= 15 is 0 Å². The lowest BCUT2D eigenvalue weighted by molar-refractivity contribution is -0.112. The van der Waals surface area contributed by atoms with Crippen LogP contribution in [-0.2, 0) is 4.79 Å². The number of rotatable bonds is 6. The van der Waals surface area contributed by atoms with Crippen molar-refractivity contribution in [2.24, 2.45) is 0 Å². The number of nitriles is 1. The number of ether oxygens (including phenoxy) is 1. The van der Waals surface area contributed by atoms with Crippen LogP contribution in [0.3, 0.4) is 0 Å². The van der Waals surface area contributed by atoms with Gasteiger partial charge in [0.25, 0.3) is 5.91 Å². The van der Waals surface area contributed by atoms with Crippen molar-refractivity contribution in [3.8, 4) is 11.8 Å². The molecule has 2 aromatic rings. The second-order valence-electron chi connectivity index (χ2n) is 5.36. The molecule has 1 amide bonds. The smallest absolute Gasteiger partial charge is 0.335 e. The lowest BCUT2D eigenvalue weighted by Crippen LogP contribution is -2.15. The van der Waals surface area contributed by atoms with Crippen molar-refractivity contribution in [3.05, 3.63) is 65.4 Å². The van der Waals surface area contributed by atoms with E-state index in [-0.39, 0.29) is 11.1 Å². The molecule has 0 aliphatic rings. The molecule has 132 valence electrons. The Kier molecular flexibility index (Phi) is 5.96. The summed E-state index contributed by atoms with van der Waals surface area (Å²) in [4.78, 5) is 23.3. The van der Waals surface area contributed by atoms with Crippen LogP contribution >= 0.6 is 0 Å². The first-order chi connectivity index (χ1) is 12.4. The first-order valence-electron chi connectivity index (χ1n) is 7.60. The molecule has 7 heteroatoms. The molecule has 0 bridgehead atoms. The third kappa shape index (κ3) is 4.61. The van der Waals surface area contributed by atoms with Crippen LogP contribution in [0.5, 0.6) is 5.75 Å². The highest BCUT2D eigenvalue weighted by molar-refractivity contribution is 6.07. The average Bonchev–Trinajstić information content (AvgIpc) is 2.62. The Morgan fingerprint density at radius 1 is 1.23 bits per heavy atom. The normalized spacial score (nSPS) is 10.6. The van der Waals surface area contributed by atoms with E-state index in [9.17, 15) is 14.9 Å². The zero-order valence-corrected chi connectivity index (χ0v) is 14.2. The standard InChI is InChI=1S/C19H17N3O4/c1-12-6-7-17(26-2)16(8-12)22-18(23)14(10-20)11-21-15-5-3-4-13(9-15)19(24)25/h3-9,11,21H,1-2H3,(H,22,23)(H,24,25)/b14-11-. The van der Waals surface area contributed by atoms with Crippen LogP contribution in [0.4, 0.5) is 11.4 Å². The molecule has 0 aromatic heterocycles. The van der Waals surface area contributed by atoms with Crippen molar-refractivity contribution in [3.63, 3.8) is 0 Å². The largest absolute Gasteiger partial charge is 0.495 e. The molecule has 0 aliphatic carbocycles. The SMILES string of the molecule is COc1ccc(C)cc1NC(=O)/C(C#N)=C\Nc1cccc(C(=O)O)c1. The predicted molar refractivity (Wildman–Crippen MR) is 97.1 cm³/mol. The van der Waals surface area contributed by atoms with E-state index in [1.807, 2.05) is 19.1 Å². The van der Waals surface area contributed by atoms with Crippen molar-refractivity contribution in [2.45, 2.75) is 6.92 Å².